The van der Waals surface area contributed by atoms with E-state index < -0.39 is 91.7 Å². The first-order valence-corrected chi connectivity index (χ1v) is 47.0. The Balaban J connectivity index is 0.763. The smallest absolute Gasteiger partial charge is 0.475 e. The Bertz CT molecular complexity index is 5220. The summed E-state index contributed by atoms with van der Waals surface area (Å²) in [5, 5.41) is 46.1. The number of hydrogen-bond donors (Lipinski definition) is 11. The normalized spacial score (nSPS) is 16.7. The quantitative estimate of drug-likeness (QED) is 0.00618. The number of ether oxygens (including phenoxy) is 5. The van der Waals surface area contributed by atoms with Gasteiger partial charge in [-0.05, 0) is 186 Å². The van der Waals surface area contributed by atoms with Gasteiger partial charge in [-0.1, -0.05) is 32.1 Å². The van der Waals surface area contributed by atoms with Crippen LogP contribution in [0.25, 0.3) is 10.9 Å². The number of unbranched alkanes of at least 4 members (excludes halogenated alkanes) is 2. The maximum absolute atomic E-state index is 13.8. The maximum atomic E-state index is 13.8. The van der Waals surface area contributed by atoms with Crippen LogP contribution < -0.4 is 46.3 Å². The molecule has 7 amide bonds. The van der Waals surface area contributed by atoms with Crippen LogP contribution in [-0.2, 0) is 85.3 Å². The fourth-order valence-electron chi connectivity index (χ4n) is 16.3. The molecule has 3 aliphatic heterocycles. The van der Waals surface area contributed by atoms with Gasteiger partial charge in [0.2, 0.25) is 35.2 Å². The van der Waals surface area contributed by atoms with Crippen molar-refractivity contribution in [3.8, 4) is 11.5 Å². The second-order valence-corrected chi connectivity index (χ2v) is 38.9. The molecule has 1 aromatic heterocycles. The number of likely N-dealkylation sites (tertiary alicyclic amines) is 1. The highest BCUT2D eigenvalue weighted by atomic mass is 32.2. The van der Waals surface area contributed by atoms with Gasteiger partial charge >= 0.3 is 13.1 Å². The second-order valence-electron chi connectivity index (χ2n) is 36.0. The highest BCUT2D eigenvalue weighted by molar-refractivity contribution is 7.86. The number of allylic oxidation sites excluding steroid dienone is 7. The molecule has 3 atom stereocenters. The molecule has 1 fully saturated rings. The lowest BCUT2D eigenvalue weighted by molar-refractivity contribution is -0.871. The van der Waals surface area contributed by atoms with Crippen molar-refractivity contribution in [3.05, 3.63) is 160 Å². The molecule has 1 aliphatic carbocycles. The Labute approximate surface area is 757 Å². The van der Waals surface area contributed by atoms with Gasteiger partial charge in [-0.15, -0.1) is 0 Å². The first kappa shape index (κ1) is 102. The fourth-order valence-corrected chi connectivity index (χ4v) is 17.3. The lowest BCUT2D eigenvalue weighted by Gasteiger charge is -2.29. The van der Waals surface area contributed by atoms with Gasteiger partial charge in [0.25, 0.3) is 32.1 Å². The van der Waals surface area contributed by atoms with E-state index >= 15 is 0 Å². The van der Waals surface area contributed by atoms with Crippen LogP contribution in [0.1, 0.15) is 158 Å². The zero-order valence-electron chi connectivity index (χ0n) is 76.1. The number of quaternary nitrogens is 2. The molecule has 702 valence electrons. The van der Waals surface area contributed by atoms with E-state index in [0.29, 0.717) is 112 Å². The fraction of sp³-hybridized carbons (Fsp3) is 0.522. The van der Waals surface area contributed by atoms with Gasteiger partial charge in [0.1, 0.15) is 29.3 Å². The molecule has 34 nitrogen and oxygen atoms in total. The zero-order chi connectivity index (χ0) is 94.0. The summed E-state index contributed by atoms with van der Waals surface area (Å²) in [5.41, 5.74) is 7.03. The van der Waals surface area contributed by atoms with E-state index in [-0.39, 0.29) is 119 Å². The number of nitrogens with one attached hydrogen (secondary N) is 6. The number of amides is 7. The van der Waals surface area contributed by atoms with Crippen molar-refractivity contribution in [2.75, 3.05) is 152 Å². The summed E-state index contributed by atoms with van der Waals surface area (Å²) >= 11 is 0. The Kier molecular flexibility index (Phi) is 37.3. The van der Waals surface area contributed by atoms with Crippen LogP contribution in [0.5, 0.6) is 11.5 Å². The maximum Gasteiger partial charge on any atom is 0.475 e. The molecular formula is C92H130BN12O22S2+3. The molecular weight excluding hydrogens is 1700 g/mol. The molecule has 11 N–H and O–H groups in total. The Hall–Kier alpha value is -10.3. The number of nitrogens with zero attached hydrogens (tertiary/aromatic N) is 6. The Morgan fingerprint density at radius 3 is 1.95 bits per heavy atom. The van der Waals surface area contributed by atoms with Gasteiger partial charge in [-0.3, -0.25) is 47.7 Å². The summed E-state index contributed by atoms with van der Waals surface area (Å²) < 4.78 is 104. The van der Waals surface area contributed by atoms with Crippen LogP contribution in [0.2, 0.25) is 0 Å². The number of benzene rings is 4. The lowest BCUT2D eigenvalue weighted by atomic mass is 9.78. The molecule has 0 spiro atoms. The molecule has 37 heteroatoms. The molecule has 1 unspecified atom stereocenters. The number of hydrogen-bond acceptors (Lipinski definition) is 21. The number of aryl methyl sites for hydroxylation is 1. The molecule has 0 radical (unpaired) electrons. The SMILES string of the molecule is CC(=O)NCCCC[C@H](NC(=O)[C@H](CCCCNC(=O)CCc1ccc(OC2=C(/C=C/C3=[N+](CCC[N+](C)(C)C)c4ccc(S(=O)(=O)O)cc4C3(C)C)CCC/C2=C\C=C2\N(CCC[N+](C)(C)C)c3ccc(S(=O)(=O)O)cc3C2(C)C)cc1)NC(=O)CCOCCOCCOCCNC(=O)COc1ccc2c(C(=O)NCC(=O)N3CCCC3B(O)O)ccnc2c1)C(=O)O. The van der Waals surface area contributed by atoms with Gasteiger partial charge in [-0.2, -0.15) is 21.4 Å². The monoisotopic (exact) mass is 1830 g/mol. The van der Waals surface area contributed by atoms with Crippen molar-refractivity contribution in [2.45, 2.75) is 176 Å². The van der Waals surface area contributed by atoms with Crippen molar-refractivity contribution < 1.29 is 117 Å². The van der Waals surface area contributed by atoms with Crippen LogP contribution in [0.3, 0.4) is 0 Å². The first-order valence-electron chi connectivity index (χ1n) is 44.1. The number of carbonyl (C=O) groups excluding carboxylic acids is 7. The largest absolute Gasteiger partial charge is 0.484 e. The average molecular weight is 1830 g/mol. The standard InChI is InChI=1S/C92H127BN12O22S2/c1-63(106)94-43-14-13-23-76(90(113)114)100-89(112)75(99-84(108)42-52-123-54-56-125-57-55-124-53-46-97-85(109)62-126-68-32-35-71-72(41-45-95-77(71)58-68)88(111)98-61-86(110)103-47-17-24-82(103)93(115)116)22-12-15-44-96-83(107)40-27-64-25-30-67(31-26-64)127-87-65(28-38-80-91(2,3)73-59-69(128(117,118)119)33-36-78(73)101(80)48-18-50-104(6,7)8)20-16-21-66(87)29-39-81-92(4,5)74-60-70(129(120,121)122)34-37-79(74)102(81)49-19-51-105(9,10)11/h25-26,28-39,41,45,58-60,75-76,82,115-116H,12-24,27,40,42-44,46-57,61-62H2,1-11H3,(H6-3,94,96,97,98,99,100,106,107,108,109,111,112,113,114,117,118,119,120,121,122)/p+3/t75-,76-,82?/m0/s1. The van der Waals surface area contributed by atoms with E-state index in [1.165, 1.54) is 36.2 Å². The van der Waals surface area contributed by atoms with Crippen molar-refractivity contribution in [1.82, 2.24) is 41.8 Å². The lowest BCUT2D eigenvalue weighted by Crippen LogP contribution is -2.51. The molecule has 1 saturated heterocycles. The number of fused-ring (bicyclic) bond motifs is 3. The van der Waals surface area contributed by atoms with Crippen molar-refractivity contribution >= 4 is 103 Å². The van der Waals surface area contributed by atoms with E-state index in [0.717, 1.165) is 91.9 Å². The predicted octanol–water partition coefficient (Wildman–Crippen LogP) is 6.93. The van der Waals surface area contributed by atoms with E-state index in [9.17, 15) is 79.5 Å². The molecule has 4 aliphatic rings. The minimum atomic E-state index is -4.52. The van der Waals surface area contributed by atoms with Crippen LogP contribution >= 0.6 is 0 Å². The van der Waals surface area contributed by atoms with Gasteiger partial charge in [0, 0.05) is 111 Å². The van der Waals surface area contributed by atoms with Crippen LogP contribution in [0, 0.1) is 0 Å². The van der Waals surface area contributed by atoms with Gasteiger partial charge < -0.3 is 89.5 Å². The predicted molar refractivity (Wildman–Crippen MR) is 488 cm³/mol. The summed E-state index contributed by atoms with van der Waals surface area (Å²) in [5.74, 6) is -3.52. The second kappa shape index (κ2) is 47.0. The third kappa shape index (κ3) is 30.6. The topological polar surface area (TPSA) is 447 Å². The van der Waals surface area contributed by atoms with Crippen LogP contribution in [0.4, 0.5) is 11.4 Å². The number of carboxylic acids is 1. The molecule has 9 rings (SSSR count). The highest BCUT2D eigenvalue weighted by Crippen LogP contribution is 2.49. The molecule has 0 bridgehead atoms. The van der Waals surface area contributed by atoms with E-state index in [1.807, 2.05) is 52.0 Å². The first-order chi connectivity index (χ1) is 61.0. The number of anilines is 1. The Morgan fingerprint density at radius 1 is 0.643 bits per heavy atom. The number of aromatic nitrogens is 1. The minimum absolute atomic E-state index is 0.0253. The number of aliphatic carboxylic acids is 1. The van der Waals surface area contributed by atoms with Crippen molar-refractivity contribution in [1.29, 1.82) is 0 Å². The summed E-state index contributed by atoms with van der Waals surface area (Å²) in [6.45, 7) is 13.9. The molecule has 0 saturated carbocycles. The number of carboxylic acid groups (broad SMARTS) is 1. The van der Waals surface area contributed by atoms with Crippen LogP contribution in [0.15, 0.2) is 148 Å². The minimum Gasteiger partial charge on any atom is -0.484 e. The molecule has 5 aromatic rings. The molecule has 4 heterocycles. The van der Waals surface area contributed by atoms with E-state index in [4.69, 9.17) is 23.7 Å². The average Bonchev–Trinajstić information content (AvgIpc) is 1.59. The molecule has 4 aromatic carbocycles. The highest BCUT2D eigenvalue weighted by Gasteiger charge is 2.46. The summed E-state index contributed by atoms with van der Waals surface area (Å²) in [6, 6.07) is 21.0. The third-order valence-electron chi connectivity index (χ3n) is 23.2. The summed E-state index contributed by atoms with van der Waals surface area (Å²) in [4.78, 5) is 110. The van der Waals surface area contributed by atoms with Gasteiger partial charge in [-0.25, -0.2) is 4.79 Å². The van der Waals surface area contributed by atoms with Gasteiger partial charge in [0.05, 0.1) is 140 Å². The number of carbonyl (C=O) groups is 8. The number of rotatable bonds is 51. The third-order valence-corrected chi connectivity index (χ3v) is 24.9. The summed E-state index contributed by atoms with van der Waals surface area (Å²) in [6.07, 6.45) is 16.8. The zero-order valence-corrected chi connectivity index (χ0v) is 77.7. The number of pyridine rings is 1. The molecule has 129 heavy (non-hydrogen) atoms. The Morgan fingerprint density at radius 2 is 1.28 bits per heavy atom. The van der Waals surface area contributed by atoms with Gasteiger partial charge in [0.15, 0.2) is 18.9 Å². The summed E-state index contributed by atoms with van der Waals surface area (Å²) in [7, 11) is 2.11. The van der Waals surface area contributed by atoms with Crippen molar-refractivity contribution in [2.24, 2.45) is 0 Å². The van der Waals surface area contributed by atoms with E-state index in [1.54, 1.807) is 42.5 Å². The van der Waals surface area contributed by atoms with E-state index in [2.05, 4.69) is 113 Å². The van der Waals surface area contributed by atoms with Crippen molar-refractivity contribution in [3.63, 3.8) is 0 Å². The van der Waals surface area contributed by atoms with Crippen LogP contribution in [-0.4, -0.2) is 290 Å².